The first-order chi connectivity index (χ1) is 7.59. The zero-order valence-corrected chi connectivity index (χ0v) is 12.0. The van der Waals surface area contributed by atoms with Crippen LogP contribution < -0.4 is 5.32 Å². The lowest BCUT2D eigenvalue weighted by Crippen LogP contribution is -2.37. The number of sulfonamides is 1. The third-order valence-corrected chi connectivity index (χ3v) is 5.81. The highest BCUT2D eigenvalue weighted by Gasteiger charge is 2.31. The van der Waals surface area contributed by atoms with E-state index in [0.29, 0.717) is 17.6 Å². The first kappa shape index (κ1) is 15.2. The summed E-state index contributed by atoms with van der Waals surface area (Å²) in [5.74, 6) is 1.54. The molecule has 0 aromatic rings. The summed E-state index contributed by atoms with van der Waals surface area (Å²) in [5, 5.41) is 3.35. The first-order valence-electron chi connectivity index (χ1n) is 6.28. The quantitative estimate of drug-likeness (QED) is 0.843. The molecule has 0 saturated carbocycles. The van der Waals surface area contributed by atoms with Gasteiger partial charge >= 0.3 is 0 Å². The smallest absolute Gasteiger partial charge is 0.214 e. The number of piperidine rings is 1. The zero-order valence-electron chi connectivity index (χ0n) is 10.4. The maximum absolute atomic E-state index is 11.7. The van der Waals surface area contributed by atoms with E-state index in [9.17, 15) is 8.42 Å². The number of hydrogen-bond donors (Lipinski definition) is 1. The van der Waals surface area contributed by atoms with Gasteiger partial charge in [-0.05, 0) is 44.2 Å². The predicted octanol–water partition coefficient (Wildman–Crippen LogP) is 1.08. The van der Waals surface area contributed by atoms with Crippen LogP contribution >= 0.6 is 12.4 Å². The van der Waals surface area contributed by atoms with Crippen LogP contribution in [-0.2, 0) is 10.0 Å². The molecule has 2 rings (SSSR count). The van der Waals surface area contributed by atoms with Crippen molar-refractivity contribution in [3.63, 3.8) is 0 Å². The van der Waals surface area contributed by atoms with Crippen molar-refractivity contribution in [2.75, 3.05) is 31.9 Å². The Morgan fingerprint density at radius 3 is 2.53 bits per heavy atom. The maximum Gasteiger partial charge on any atom is 0.214 e. The SMILES string of the molecule is CC(CN1CCCS1(=O)=O)C1CCNCC1.Cl. The van der Waals surface area contributed by atoms with E-state index in [2.05, 4.69) is 12.2 Å². The third-order valence-electron chi connectivity index (χ3n) is 3.88. The van der Waals surface area contributed by atoms with Gasteiger partial charge in [0.2, 0.25) is 10.0 Å². The Morgan fingerprint density at radius 2 is 2.00 bits per heavy atom. The average molecular weight is 283 g/mol. The number of hydrogen-bond acceptors (Lipinski definition) is 3. The highest BCUT2D eigenvalue weighted by atomic mass is 35.5. The molecule has 102 valence electrons. The summed E-state index contributed by atoms with van der Waals surface area (Å²) >= 11 is 0. The van der Waals surface area contributed by atoms with Crippen LogP contribution in [0.3, 0.4) is 0 Å². The molecule has 0 bridgehead atoms. The summed E-state index contributed by atoms with van der Waals surface area (Å²) in [4.78, 5) is 0. The summed E-state index contributed by atoms with van der Waals surface area (Å²) in [6.07, 6.45) is 3.19. The van der Waals surface area contributed by atoms with Gasteiger partial charge in [-0.1, -0.05) is 6.92 Å². The molecule has 1 atom stereocenters. The monoisotopic (exact) mass is 282 g/mol. The predicted molar refractivity (Wildman–Crippen MR) is 72.0 cm³/mol. The normalized spacial score (nSPS) is 27.6. The molecule has 2 heterocycles. The third kappa shape index (κ3) is 3.81. The minimum absolute atomic E-state index is 0. The summed E-state index contributed by atoms with van der Waals surface area (Å²) in [6, 6.07) is 0. The van der Waals surface area contributed by atoms with Crippen molar-refractivity contribution in [1.82, 2.24) is 9.62 Å². The van der Waals surface area contributed by atoms with Crippen LogP contribution in [0.1, 0.15) is 26.2 Å². The molecule has 1 N–H and O–H groups in total. The second kappa shape index (κ2) is 6.36. The number of nitrogens with one attached hydrogen (secondary N) is 1. The van der Waals surface area contributed by atoms with Crippen molar-refractivity contribution < 1.29 is 8.42 Å². The lowest BCUT2D eigenvalue weighted by Gasteiger charge is -2.30. The molecule has 2 aliphatic heterocycles. The lowest BCUT2D eigenvalue weighted by atomic mass is 9.86. The van der Waals surface area contributed by atoms with Crippen LogP contribution in [0, 0.1) is 11.8 Å². The Bertz CT molecular complexity index is 328. The number of halogens is 1. The van der Waals surface area contributed by atoms with Crippen molar-refractivity contribution in [3.8, 4) is 0 Å². The van der Waals surface area contributed by atoms with Gasteiger partial charge in [0.05, 0.1) is 5.75 Å². The van der Waals surface area contributed by atoms with Crippen LogP contribution in [0.5, 0.6) is 0 Å². The summed E-state index contributed by atoms with van der Waals surface area (Å²) in [5.41, 5.74) is 0. The van der Waals surface area contributed by atoms with Crippen LogP contribution in [0.15, 0.2) is 0 Å². The van der Waals surface area contributed by atoms with Gasteiger partial charge in [-0.3, -0.25) is 0 Å². The minimum atomic E-state index is -2.90. The van der Waals surface area contributed by atoms with E-state index in [1.165, 1.54) is 12.8 Å². The summed E-state index contributed by atoms with van der Waals surface area (Å²) in [7, 11) is -2.90. The molecule has 0 spiro atoms. The molecule has 2 fully saturated rings. The summed E-state index contributed by atoms with van der Waals surface area (Å²) < 4.78 is 25.1. The van der Waals surface area contributed by atoms with E-state index in [-0.39, 0.29) is 12.4 Å². The highest BCUT2D eigenvalue weighted by molar-refractivity contribution is 7.89. The lowest BCUT2D eigenvalue weighted by molar-refractivity contribution is 0.238. The van der Waals surface area contributed by atoms with E-state index in [4.69, 9.17) is 0 Å². The van der Waals surface area contributed by atoms with Gasteiger partial charge in [-0.2, -0.15) is 0 Å². The molecule has 17 heavy (non-hydrogen) atoms. The van der Waals surface area contributed by atoms with Crippen molar-refractivity contribution in [3.05, 3.63) is 0 Å². The van der Waals surface area contributed by atoms with Crippen molar-refractivity contribution in [1.29, 1.82) is 0 Å². The topological polar surface area (TPSA) is 49.4 Å². The molecule has 0 aromatic carbocycles. The van der Waals surface area contributed by atoms with E-state index >= 15 is 0 Å². The highest BCUT2D eigenvalue weighted by Crippen LogP contribution is 2.25. The summed E-state index contributed by atoms with van der Waals surface area (Å²) in [6.45, 7) is 5.83. The second-order valence-electron chi connectivity index (χ2n) is 5.09. The maximum atomic E-state index is 11.7. The molecule has 0 radical (unpaired) electrons. The van der Waals surface area contributed by atoms with Crippen LogP contribution in [0.25, 0.3) is 0 Å². The fourth-order valence-electron chi connectivity index (χ4n) is 2.78. The van der Waals surface area contributed by atoms with Gasteiger partial charge in [0.1, 0.15) is 0 Å². The van der Waals surface area contributed by atoms with Gasteiger partial charge < -0.3 is 5.32 Å². The molecule has 0 aliphatic carbocycles. The fraction of sp³-hybridized carbons (Fsp3) is 1.00. The molecule has 2 aliphatic rings. The fourth-order valence-corrected chi connectivity index (χ4v) is 4.40. The van der Waals surface area contributed by atoms with Crippen molar-refractivity contribution in [2.24, 2.45) is 11.8 Å². The molecular weight excluding hydrogens is 260 g/mol. The van der Waals surface area contributed by atoms with Crippen LogP contribution in [0.2, 0.25) is 0 Å². The van der Waals surface area contributed by atoms with Gasteiger partial charge in [0.15, 0.2) is 0 Å². The minimum Gasteiger partial charge on any atom is -0.317 e. The average Bonchev–Trinajstić information content (AvgIpc) is 2.59. The Morgan fingerprint density at radius 1 is 1.35 bits per heavy atom. The molecule has 4 nitrogen and oxygen atoms in total. The second-order valence-corrected chi connectivity index (χ2v) is 7.18. The zero-order chi connectivity index (χ0) is 11.6. The van der Waals surface area contributed by atoms with Gasteiger partial charge in [0.25, 0.3) is 0 Å². The molecule has 2 saturated heterocycles. The molecular formula is C11H23ClN2O2S. The van der Waals surface area contributed by atoms with Gasteiger partial charge in [-0.25, -0.2) is 12.7 Å². The Kier molecular flexibility index (Phi) is 5.70. The Hall–Kier alpha value is 0.160. The van der Waals surface area contributed by atoms with Crippen molar-refractivity contribution >= 4 is 22.4 Å². The number of nitrogens with zero attached hydrogens (tertiary/aromatic N) is 1. The molecule has 6 heteroatoms. The van der Waals surface area contributed by atoms with E-state index in [1.807, 2.05) is 0 Å². The van der Waals surface area contributed by atoms with E-state index in [0.717, 1.165) is 32.6 Å². The van der Waals surface area contributed by atoms with Gasteiger partial charge in [0, 0.05) is 13.1 Å². The standard InChI is InChI=1S/C11H22N2O2S.ClH/c1-10(11-3-5-12-6-4-11)9-13-7-2-8-16(13,14)15;/h10-12H,2-9H2,1H3;1H. The van der Waals surface area contributed by atoms with Gasteiger partial charge in [-0.15, -0.1) is 12.4 Å². The van der Waals surface area contributed by atoms with Crippen molar-refractivity contribution in [2.45, 2.75) is 26.2 Å². The largest absolute Gasteiger partial charge is 0.317 e. The molecule has 0 amide bonds. The van der Waals surface area contributed by atoms with Crippen LogP contribution in [0.4, 0.5) is 0 Å². The number of rotatable bonds is 3. The van der Waals surface area contributed by atoms with Crippen LogP contribution in [-0.4, -0.2) is 44.7 Å². The Labute approximate surface area is 111 Å². The Balaban J connectivity index is 0.00000144. The van der Waals surface area contributed by atoms with E-state index < -0.39 is 10.0 Å². The van der Waals surface area contributed by atoms with E-state index in [1.54, 1.807) is 4.31 Å². The first-order valence-corrected chi connectivity index (χ1v) is 7.89. The molecule has 0 aromatic heterocycles. The molecule has 1 unspecified atom stereocenters.